The molecular formula is C15H20O4. The first kappa shape index (κ1) is 12.9. The van der Waals surface area contributed by atoms with E-state index in [4.69, 9.17) is 4.74 Å². The second-order valence-electron chi connectivity index (χ2n) is 6.50. The summed E-state index contributed by atoms with van der Waals surface area (Å²) in [5.74, 6) is -0.294. The van der Waals surface area contributed by atoms with Gasteiger partial charge in [-0.05, 0) is 31.6 Å². The van der Waals surface area contributed by atoms with E-state index >= 15 is 0 Å². The Labute approximate surface area is 112 Å². The molecule has 104 valence electrons. The van der Waals surface area contributed by atoms with E-state index in [1.165, 1.54) is 0 Å². The second kappa shape index (κ2) is 3.92. The molecule has 1 saturated heterocycles. The van der Waals surface area contributed by atoms with Crippen LogP contribution in [0.3, 0.4) is 0 Å². The van der Waals surface area contributed by atoms with Gasteiger partial charge in [-0.2, -0.15) is 0 Å². The van der Waals surface area contributed by atoms with Crippen LogP contribution in [0.5, 0.6) is 0 Å². The molecule has 0 aromatic heterocycles. The van der Waals surface area contributed by atoms with Crippen molar-refractivity contribution in [3.05, 3.63) is 12.2 Å². The Bertz CT molecular complexity index is 469. The van der Waals surface area contributed by atoms with Crippen LogP contribution in [0.2, 0.25) is 0 Å². The third-order valence-corrected chi connectivity index (χ3v) is 5.62. The van der Waals surface area contributed by atoms with Gasteiger partial charge in [-0.3, -0.25) is 4.79 Å². The van der Waals surface area contributed by atoms with E-state index in [2.05, 4.69) is 13.5 Å². The molecular weight excluding hydrogens is 244 g/mol. The quantitative estimate of drug-likeness (QED) is 0.531. The average Bonchev–Trinajstić information content (AvgIpc) is 2.77. The summed E-state index contributed by atoms with van der Waals surface area (Å²) in [4.78, 5) is 24.0. The van der Waals surface area contributed by atoms with E-state index in [1.807, 2.05) is 6.92 Å². The van der Waals surface area contributed by atoms with E-state index in [0.717, 1.165) is 6.42 Å². The normalized spacial score (nSPS) is 49.6. The standard InChI is InChI=1S/C15H20O4/c1-7-6-10-12(8(2)14(18)19-10)13(17)15(3)9(7)4-5-11(15)16/h7,9-10,12-13,17H,2,4-6H2,1,3H3/t7-,9+,10+,12-,13+,15+/m1/s1. The van der Waals surface area contributed by atoms with Gasteiger partial charge in [0.25, 0.3) is 0 Å². The lowest BCUT2D eigenvalue weighted by Gasteiger charge is -2.37. The Hall–Kier alpha value is -1.16. The molecule has 2 aliphatic carbocycles. The number of Topliss-reactive ketones (excluding diaryl/α,β-unsaturated/α-hetero) is 1. The van der Waals surface area contributed by atoms with Crippen LogP contribution in [0.15, 0.2) is 12.2 Å². The Balaban J connectivity index is 2.07. The van der Waals surface area contributed by atoms with E-state index in [1.54, 1.807) is 0 Å². The van der Waals surface area contributed by atoms with Gasteiger partial charge in [-0.1, -0.05) is 13.5 Å². The molecule has 6 atom stereocenters. The van der Waals surface area contributed by atoms with Gasteiger partial charge in [-0.25, -0.2) is 4.79 Å². The average molecular weight is 264 g/mol. The Morgan fingerprint density at radius 3 is 2.79 bits per heavy atom. The van der Waals surface area contributed by atoms with Crippen molar-refractivity contribution in [2.45, 2.75) is 45.3 Å². The third kappa shape index (κ3) is 1.49. The molecule has 0 unspecified atom stereocenters. The fourth-order valence-electron chi connectivity index (χ4n) is 4.46. The summed E-state index contributed by atoms with van der Waals surface area (Å²) in [6.45, 7) is 7.70. The summed E-state index contributed by atoms with van der Waals surface area (Å²) in [6, 6.07) is 0. The molecule has 0 radical (unpaired) electrons. The monoisotopic (exact) mass is 264 g/mol. The van der Waals surface area contributed by atoms with Crippen molar-refractivity contribution in [2.24, 2.45) is 23.2 Å². The van der Waals surface area contributed by atoms with Gasteiger partial charge in [0.15, 0.2) is 0 Å². The molecule has 0 aromatic rings. The second-order valence-corrected chi connectivity index (χ2v) is 6.50. The lowest BCUT2D eigenvalue weighted by Crippen LogP contribution is -2.46. The van der Waals surface area contributed by atoms with E-state index in [9.17, 15) is 14.7 Å². The molecule has 0 aromatic carbocycles. The highest BCUT2D eigenvalue weighted by Gasteiger charge is 2.61. The van der Waals surface area contributed by atoms with Gasteiger partial charge in [0.2, 0.25) is 0 Å². The molecule has 0 bridgehead atoms. The van der Waals surface area contributed by atoms with Gasteiger partial charge in [0.05, 0.1) is 17.4 Å². The fourth-order valence-corrected chi connectivity index (χ4v) is 4.46. The van der Waals surface area contributed by atoms with Crippen LogP contribution < -0.4 is 0 Å². The first-order valence-electron chi connectivity index (χ1n) is 6.98. The van der Waals surface area contributed by atoms with Crippen LogP contribution in [-0.2, 0) is 14.3 Å². The lowest BCUT2D eigenvalue weighted by atomic mass is 9.68. The number of carbonyl (C=O) groups is 2. The number of esters is 1. The Morgan fingerprint density at radius 1 is 1.42 bits per heavy atom. The Kier molecular flexibility index (Phi) is 2.65. The molecule has 1 heterocycles. The zero-order valence-corrected chi connectivity index (χ0v) is 11.4. The third-order valence-electron chi connectivity index (χ3n) is 5.62. The van der Waals surface area contributed by atoms with Gasteiger partial charge in [0.1, 0.15) is 11.9 Å². The van der Waals surface area contributed by atoms with Gasteiger partial charge in [-0.15, -0.1) is 0 Å². The maximum Gasteiger partial charge on any atom is 0.334 e. The van der Waals surface area contributed by atoms with E-state index in [0.29, 0.717) is 18.4 Å². The predicted octanol–water partition coefficient (Wildman–Crippen LogP) is 1.47. The molecule has 3 fully saturated rings. The van der Waals surface area contributed by atoms with Crippen molar-refractivity contribution < 1.29 is 19.4 Å². The first-order chi connectivity index (χ1) is 8.87. The van der Waals surface area contributed by atoms with E-state index < -0.39 is 23.4 Å². The minimum absolute atomic E-state index is 0.115. The van der Waals surface area contributed by atoms with Crippen molar-refractivity contribution in [1.82, 2.24) is 0 Å². The molecule has 3 aliphatic rings. The largest absolute Gasteiger partial charge is 0.458 e. The molecule has 3 rings (SSSR count). The number of ketones is 1. The van der Waals surface area contributed by atoms with Crippen LogP contribution in [0.1, 0.15) is 33.1 Å². The smallest absolute Gasteiger partial charge is 0.334 e. The minimum Gasteiger partial charge on any atom is -0.458 e. The summed E-state index contributed by atoms with van der Waals surface area (Å²) < 4.78 is 5.33. The molecule has 0 amide bonds. The molecule has 19 heavy (non-hydrogen) atoms. The van der Waals surface area contributed by atoms with Crippen LogP contribution in [-0.4, -0.2) is 29.1 Å². The number of fused-ring (bicyclic) bond motifs is 2. The molecule has 4 nitrogen and oxygen atoms in total. The number of rotatable bonds is 0. The highest BCUT2D eigenvalue weighted by molar-refractivity contribution is 5.92. The van der Waals surface area contributed by atoms with Crippen molar-refractivity contribution in [2.75, 3.05) is 0 Å². The van der Waals surface area contributed by atoms with Crippen LogP contribution in [0.25, 0.3) is 0 Å². The number of aliphatic hydroxyl groups is 1. The number of hydrogen-bond acceptors (Lipinski definition) is 4. The number of carbonyl (C=O) groups excluding carboxylic acids is 2. The minimum atomic E-state index is -0.860. The van der Waals surface area contributed by atoms with E-state index in [-0.39, 0.29) is 23.7 Å². The van der Waals surface area contributed by atoms with Gasteiger partial charge >= 0.3 is 5.97 Å². The molecule has 0 spiro atoms. The molecule has 4 heteroatoms. The summed E-state index contributed by atoms with van der Waals surface area (Å²) in [5, 5.41) is 10.8. The SMILES string of the molecule is C=C1C(=O)O[C@H]2C[C@@H](C)[C@@H]3CCC(=O)[C@@]3(C)[C@@H](O)[C@H]12. The van der Waals surface area contributed by atoms with Gasteiger partial charge in [0, 0.05) is 12.0 Å². The van der Waals surface area contributed by atoms with Crippen LogP contribution in [0.4, 0.5) is 0 Å². The zero-order valence-electron chi connectivity index (χ0n) is 11.4. The molecule has 1 N–H and O–H groups in total. The summed E-state index contributed by atoms with van der Waals surface area (Å²) in [6.07, 6.45) is 0.885. The highest BCUT2D eigenvalue weighted by Crippen LogP contribution is 2.55. The number of aliphatic hydroxyl groups excluding tert-OH is 1. The summed E-state index contributed by atoms with van der Waals surface area (Å²) in [7, 11) is 0. The van der Waals surface area contributed by atoms with Crippen molar-refractivity contribution in [3.63, 3.8) is 0 Å². The first-order valence-corrected chi connectivity index (χ1v) is 6.98. The summed E-state index contributed by atoms with van der Waals surface area (Å²) in [5.41, 5.74) is -0.429. The maximum atomic E-state index is 12.3. The van der Waals surface area contributed by atoms with Crippen LogP contribution in [0, 0.1) is 23.2 Å². The fraction of sp³-hybridized carbons (Fsp3) is 0.733. The lowest BCUT2D eigenvalue weighted by molar-refractivity contribution is -0.140. The van der Waals surface area contributed by atoms with Crippen molar-refractivity contribution in [3.8, 4) is 0 Å². The predicted molar refractivity (Wildman–Crippen MR) is 68.1 cm³/mol. The van der Waals surface area contributed by atoms with Crippen LogP contribution >= 0.6 is 0 Å². The zero-order chi connectivity index (χ0) is 13.9. The molecule has 1 aliphatic heterocycles. The van der Waals surface area contributed by atoms with Crippen molar-refractivity contribution >= 4 is 11.8 Å². The van der Waals surface area contributed by atoms with Gasteiger partial charge < -0.3 is 9.84 Å². The maximum absolute atomic E-state index is 12.3. The summed E-state index contributed by atoms with van der Waals surface area (Å²) >= 11 is 0. The number of ether oxygens (including phenoxy) is 1. The Morgan fingerprint density at radius 2 is 2.11 bits per heavy atom. The number of hydrogen-bond donors (Lipinski definition) is 1. The molecule has 2 saturated carbocycles. The topological polar surface area (TPSA) is 63.6 Å². The highest BCUT2D eigenvalue weighted by atomic mass is 16.6. The van der Waals surface area contributed by atoms with Crippen molar-refractivity contribution in [1.29, 1.82) is 0 Å².